The molecule has 0 spiro atoms. The molecule has 0 bridgehead atoms. The molecule has 1 aliphatic heterocycles. The summed E-state index contributed by atoms with van der Waals surface area (Å²) in [6.45, 7) is 4.53. The molecule has 1 amide bonds. The van der Waals surface area contributed by atoms with Gasteiger partial charge in [0.05, 0.1) is 24.7 Å². The molecule has 2 aromatic heterocycles. The molecule has 0 N–H and O–H groups in total. The minimum Gasteiger partial charge on any atom is -0.375 e. The van der Waals surface area contributed by atoms with E-state index in [1.54, 1.807) is 4.68 Å². The van der Waals surface area contributed by atoms with Crippen LogP contribution in [-0.2, 0) is 24.9 Å². The maximum absolute atomic E-state index is 13.2. The number of hydrogen-bond acceptors (Lipinski definition) is 3. The Hall–Kier alpha value is -2.60. The Kier molecular flexibility index (Phi) is 4.05. The lowest BCUT2D eigenvalue weighted by atomic mass is 10.2. The van der Waals surface area contributed by atoms with Gasteiger partial charge in [-0.1, -0.05) is 18.2 Å². The fourth-order valence-corrected chi connectivity index (χ4v) is 3.57. The van der Waals surface area contributed by atoms with Crippen molar-refractivity contribution < 1.29 is 9.53 Å². The normalized spacial score (nSPS) is 17.5. The van der Waals surface area contributed by atoms with Crippen LogP contribution in [0.5, 0.6) is 0 Å². The number of aromatic nitrogens is 3. The molecular formula is C19H22N4O2. The average Bonchev–Trinajstić information content (AvgIpc) is 3.14. The standard InChI is InChI=1S/C19H22N4O2/c1-3-25-15-12-22-10-6-7-14(22)11-23(13-15)19(24)18-16-8-4-5-9-17(16)21(2)20-18/h4-10,15H,3,11-13H2,1-2H3/t15-/m0/s1. The van der Waals surface area contributed by atoms with Crippen LogP contribution in [0.25, 0.3) is 10.9 Å². The van der Waals surface area contributed by atoms with E-state index in [-0.39, 0.29) is 12.0 Å². The highest BCUT2D eigenvalue weighted by molar-refractivity contribution is 6.04. The highest BCUT2D eigenvalue weighted by Crippen LogP contribution is 2.22. The second-order valence-corrected chi connectivity index (χ2v) is 6.40. The number of aryl methyl sites for hydroxylation is 1. The second-order valence-electron chi connectivity index (χ2n) is 6.40. The van der Waals surface area contributed by atoms with Gasteiger partial charge in [-0.2, -0.15) is 5.10 Å². The van der Waals surface area contributed by atoms with E-state index >= 15 is 0 Å². The number of carbonyl (C=O) groups is 1. The van der Waals surface area contributed by atoms with Gasteiger partial charge in [-0.15, -0.1) is 0 Å². The second kappa shape index (κ2) is 6.37. The van der Waals surface area contributed by atoms with Crippen molar-refractivity contribution in [3.05, 3.63) is 54.0 Å². The van der Waals surface area contributed by atoms with Crippen molar-refractivity contribution in [3.63, 3.8) is 0 Å². The van der Waals surface area contributed by atoms with Crippen LogP contribution in [0.3, 0.4) is 0 Å². The van der Waals surface area contributed by atoms with Crippen molar-refractivity contribution in [2.45, 2.75) is 26.1 Å². The van der Waals surface area contributed by atoms with Gasteiger partial charge in [-0.25, -0.2) is 0 Å². The third-order valence-corrected chi connectivity index (χ3v) is 4.75. The lowest BCUT2D eigenvalue weighted by Gasteiger charge is -2.23. The van der Waals surface area contributed by atoms with E-state index in [2.05, 4.69) is 15.7 Å². The Morgan fingerprint density at radius 3 is 2.92 bits per heavy atom. The quantitative estimate of drug-likeness (QED) is 0.737. The van der Waals surface area contributed by atoms with Crippen LogP contribution in [0.4, 0.5) is 0 Å². The third kappa shape index (κ3) is 2.82. The van der Waals surface area contributed by atoms with Crippen molar-refractivity contribution in [2.75, 3.05) is 13.2 Å². The number of carbonyl (C=O) groups excluding carboxylic acids is 1. The highest BCUT2D eigenvalue weighted by atomic mass is 16.5. The summed E-state index contributed by atoms with van der Waals surface area (Å²) in [4.78, 5) is 15.1. The Morgan fingerprint density at radius 1 is 1.24 bits per heavy atom. The van der Waals surface area contributed by atoms with Crippen molar-refractivity contribution >= 4 is 16.8 Å². The zero-order valence-electron chi connectivity index (χ0n) is 14.6. The molecule has 0 fully saturated rings. The molecule has 130 valence electrons. The van der Waals surface area contributed by atoms with Gasteiger partial charge in [0.2, 0.25) is 0 Å². The fraction of sp³-hybridized carbons (Fsp3) is 0.368. The van der Waals surface area contributed by atoms with Crippen molar-refractivity contribution in [1.29, 1.82) is 0 Å². The summed E-state index contributed by atoms with van der Waals surface area (Å²) in [6, 6.07) is 11.9. The molecule has 1 atom stereocenters. The number of fused-ring (bicyclic) bond motifs is 2. The largest absolute Gasteiger partial charge is 0.375 e. The Bertz CT molecular complexity index is 911. The minimum atomic E-state index is -0.0452. The fourth-order valence-electron chi connectivity index (χ4n) is 3.57. The molecule has 6 heteroatoms. The van der Waals surface area contributed by atoms with Crippen LogP contribution in [0.15, 0.2) is 42.6 Å². The summed E-state index contributed by atoms with van der Waals surface area (Å²) >= 11 is 0. The van der Waals surface area contributed by atoms with Crippen LogP contribution in [0.2, 0.25) is 0 Å². The number of benzene rings is 1. The predicted molar refractivity (Wildman–Crippen MR) is 95.3 cm³/mol. The number of nitrogens with zero attached hydrogens (tertiary/aromatic N) is 4. The van der Waals surface area contributed by atoms with E-state index in [9.17, 15) is 4.79 Å². The lowest BCUT2D eigenvalue weighted by Crippen LogP contribution is -2.37. The van der Waals surface area contributed by atoms with Gasteiger partial charge in [-0.3, -0.25) is 9.48 Å². The summed E-state index contributed by atoms with van der Waals surface area (Å²) in [5.41, 5.74) is 2.59. The van der Waals surface area contributed by atoms with Crippen molar-refractivity contribution in [3.8, 4) is 0 Å². The van der Waals surface area contributed by atoms with Crippen molar-refractivity contribution in [2.24, 2.45) is 7.05 Å². The molecule has 0 saturated heterocycles. The predicted octanol–water partition coefficient (Wildman–Crippen LogP) is 2.44. The molecule has 0 radical (unpaired) electrons. The number of amides is 1. The molecule has 0 saturated carbocycles. The lowest BCUT2D eigenvalue weighted by molar-refractivity contribution is 0.0257. The minimum absolute atomic E-state index is 0.0161. The van der Waals surface area contributed by atoms with Gasteiger partial charge < -0.3 is 14.2 Å². The molecule has 0 aliphatic carbocycles. The highest BCUT2D eigenvalue weighted by Gasteiger charge is 2.28. The van der Waals surface area contributed by atoms with E-state index < -0.39 is 0 Å². The number of para-hydroxylation sites is 1. The van der Waals surface area contributed by atoms with Gasteiger partial charge in [-0.05, 0) is 25.1 Å². The van der Waals surface area contributed by atoms with E-state index in [0.717, 1.165) is 23.1 Å². The first-order chi connectivity index (χ1) is 12.2. The average molecular weight is 338 g/mol. The topological polar surface area (TPSA) is 52.3 Å². The van der Waals surface area contributed by atoms with Crippen LogP contribution in [-0.4, -0.2) is 44.4 Å². The van der Waals surface area contributed by atoms with E-state index in [1.165, 1.54) is 0 Å². The van der Waals surface area contributed by atoms with Crippen LogP contribution >= 0.6 is 0 Å². The number of hydrogen-bond donors (Lipinski definition) is 0. The van der Waals surface area contributed by atoms with Gasteiger partial charge in [0, 0.05) is 37.5 Å². The van der Waals surface area contributed by atoms with Gasteiger partial charge >= 0.3 is 0 Å². The summed E-state index contributed by atoms with van der Waals surface area (Å²) in [7, 11) is 1.87. The molecule has 3 aromatic rings. The SMILES string of the molecule is CCO[C@@H]1CN(C(=O)c2nn(C)c3ccccc23)Cc2cccn2C1. The zero-order chi connectivity index (χ0) is 17.4. The summed E-state index contributed by atoms with van der Waals surface area (Å²) in [5, 5.41) is 5.38. The van der Waals surface area contributed by atoms with E-state index in [4.69, 9.17) is 4.74 Å². The molecule has 25 heavy (non-hydrogen) atoms. The zero-order valence-corrected chi connectivity index (χ0v) is 14.6. The molecular weight excluding hydrogens is 316 g/mol. The molecule has 1 aromatic carbocycles. The Labute approximate surface area is 146 Å². The first kappa shape index (κ1) is 15.9. The van der Waals surface area contributed by atoms with Gasteiger partial charge in [0.25, 0.3) is 5.91 Å². The maximum Gasteiger partial charge on any atom is 0.275 e. The van der Waals surface area contributed by atoms with E-state index in [1.807, 2.05) is 55.4 Å². The first-order valence-corrected chi connectivity index (χ1v) is 8.64. The molecule has 6 nitrogen and oxygen atoms in total. The van der Waals surface area contributed by atoms with Gasteiger partial charge in [0.15, 0.2) is 5.69 Å². The molecule has 4 rings (SSSR count). The van der Waals surface area contributed by atoms with Crippen molar-refractivity contribution in [1.82, 2.24) is 19.2 Å². The summed E-state index contributed by atoms with van der Waals surface area (Å²) in [5.74, 6) is -0.0452. The van der Waals surface area contributed by atoms with Gasteiger partial charge in [0.1, 0.15) is 0 Å². The molecule has 1 aliphatic rings. The summed E-state index contributed by atoms with van der Waals surface area (Å²) in [6.07, 6.45) is 2.03. The first-order valence-electron chi connectivity index (χ1n) is 8.64. The number of ether oxygens (including phenoxy) is 1. The maximum atomic E-state index is 13.2. The third-order valence-electron chi connectivity index (χ3n) is 4.75. The van der Waals surface area contributed by atoms with Crippen LogP contribution in [0, 0.1) is 0 Å². The molecule has 0 unspecified atom stereocenters. The monoisotopic (exact) mass is 338 g/mol. The molecule has 3 heterocycles. The Morgan fingerprint density at radius 2 is 2.08 bits per heavy atom. The summed E-state index contributed by atoms with van der Waals surface area (Å²) < 4.78 is 9.80. The van der Waals surface area contributed by atoms with Crippen LogP contribution in [0.1, 0.15) is 23.1 Å². The Balaban J connectivity index is 1.70. The smallest absolute Gasteiger partial charge is 0.275 e. The van der Waals surface area contributed by atoms with E-state index in [0.29, 0.717) is 25.4 Å². The van der Waals surface area contributed by atoms with Crippen LogP contribution < -0.4 is 0 Å². The number of rotatable bonds is 3.